The number of rotatable bonds is 5. The third-order valence-electron chi connectivity index (χ3n) is 2.43. The van der Waals surface area contributed by atoms with Gasteiger partial charge in [-0.15, -0.1) is 0 Å². The molecule has 0 saturated carbocycles. The van der Waals surface area contributed by atoms with Crippen LogP contribution in [0.1, 0.15) is 19.4 Å². The van der Waals surface area contributed by atoms with Crippen molar-refractivity contribution in [2.45, 2.75) is 19.9 Å². The number of hydrogen-bond donors (Lipinski definition) is 3. The van der Waals surface area contributed by atoms with Gasteiger partial charge in [-0.05, 0) is 26.0 Å². The molecule has 0 spiro atoms. The standard InChI is InChI=1S/C12H15F2N3OS/c1-3-16-12(18)6(2)17-10-8(13)4-7(11(15)19)5-9(10)14/h4-6,17H,3H2,1-2H3,(H2,15,19)(H,16,18). The Morgan fingerprint density at radius 1 is 1.42 bits per heavy atom. The summed E-state index contributed by atoms with van der Waals surface area (Å²) in [6.07, 6.45) is 0. The molecule has 1 unspecified atom stereocenters. The van der Waals surface area contributed by atoms with Crippen LogP contribution in [0.4, 0.5) is 14.5 Å². The Morgan fingerprint density at radius 2 is 1.95 bits per heavy atom. The van der Waals surface area contributed by atoms with Crippen molar-refractivity contribution < 1.29 is 13.6 Å². The van der Waals surface area contributed by atoms with Gasteiger partial charge >= 0.3 is 0 Å². The fourth-order valence-electron chi connectivity index (χ4n) is 1.46. The minimum atomic E-state index is -0.848. The fraction of sp³-hybridized carbons (Fsp3) is 0.333. The largest absolute Gasteiger partial charge is 0.389 e. The molecular weight excluding hydrogens is 272 g/mol. The summed E-state index contributed by atoms with van der Waals surface area (Å²) >= 11 is 4.65. The van der Waals surface area contributed by atoms with Crippen LogP contribution in [0.3, 0.4) is 0 Å². The third kappa shape index (κ3) is 3.85. The lowest BCUT2D eigenvalue weighted by atomic mass is 10.1. The Balaban J connectivity index is 2.96. The first-order valence-corrected chi connectivity index (χ1v) is 6.10. The molecule has 1 amide bonds. The molecular formula is C12H15F2N3OS. The summed E-state index contributed by atoms with van der Waals surface area (Å²) in [6, 6.07) is 1.29. The van der Waals surface area contributed by atoms with Crippen molar-refractivity contribution in [2.24, 2.45) is 5.73 Å². The van der Waals surface area contributed by atoms with Gasteiger partial charge in [0.25, 0.3) is 0 Å². The number of benzene rings is 1. The fourth-order valence-corrected chi connectivity index (χ4v) is 1.58. The summed E-state index contributed by atoms with van der Waals surface area (Å²) in [7, 11) is 0. The Kier molecular flexibility index (Phi) is 5.17. The van der Waals surface area contributed by atoms with Gasteiger partial charge in [-0.1, -0.05) is 12.2 Å². The number of halogens is 2. The maximum atomic E-state index is 13.7. The number of thiocarbonyl (C=S) groups is 1. The summed E-state index contributed by atoms with van der Waals surface area (Å²) in [4.78, 5) is 11.4. The summed E-state index contributed by atoms with van der Waals surface area (Å²) in [5, 5.41) is 5.03. The number of likely N-dealkylation sites (N-methyl/N-ethyl adjacent to an activating group) is 1. The maximum Gasteiger partial charge on any atom is 0.242 e. The molecule has 0 aromatic heterocycles. The first kappa shape index (κ1) is 15.3. The van der Waals surface area contributed by atoms with E-state index in [9.17, 15) is 13.6 Å². The van der Waals surface area contributed by atoms with Crippen LogP contribution >= 0.6 is 12.2 Å². The number of hydrogen-bond acceptors (Lipinski definition) is 3. The third-order valence-corrected chi connectivity index (χ3v) is 2.67. The number of nitrogens with one attached hydrogen (secondary N) is 2. The van der Waals surface area contributed by atoms with Crippen LogP contribution in [0, 0.1) is 11.6 Å². The molecule has 0 heterocycles. The Morgan fingerprint density at radius 3 is 2.37 bits per heavy atom. The van der Waals surface area contributed by atoms with Crippen molar-refractivity contribution in [1.82, 2.24) is 5.32 Å². The SMILES string of the molecule is CCNC(=O)C(C)Nc1c(F)cc(C(N)=S)cc1F. The second kappa shape index (κ2) is 6.42. The van der Waals surface area contributed by atoms with Crippen molar-refractivity contribution in [3.05, 3.63) is 29.3 Å². The second-order valence-corrected chi connectivity index (χ2v) is 4.38. The molecule has 4 N–H and O–H groups in total. The molecule has 0 saturated heterocycles. The summed E-state index contributed by atoms with van der Waals surface area (Å²) < 4.78 is 27.5. The summed E-state index contributed by atoms with van der Waals surface area (Å²) in [5.74, 6) is -2.04. The van der Waals surface area contributed by atoms with Crippen LogP contribution in [0.15, 0.2) is 12.1 Å². The lowest BCUT2D eigenvalue weighted by Crippen LogP contribution is -2.37. The van der Waals surface area contributed by atoms with Gasteiger partial charge in [0.05, 0.1) is 0 Å². The quantitative estimate of drug-likeness (QED) is 0.719. The van der Waals surface area contributed by atoms with E-state index in [1.165, 1.54) is 6.92 Å². The van der Waals surface area contributed by atoms with E-state index >= 15 is 0 Å². The van der Waals surface area contributed by atoms with E-state index in [0.29, 0.717) is 6.54 Å². The topological polar surface area (TPSA) is 67.2 Å². The zero-order valence-corrected chi connectivity index (χ0v) is 11.4. The first-order chi connectivity index (χ1) is 8.86. The molecule has 7 heteroatoms. The second-order valence-electron chi connectivity index (χ2n) is 3.94. The van der Waals surface area contributed by atoms with Crippen LogP contribution in [0.5, 0.6) is 0 Å². The highest BCUT2D eigenvalue weighted by atomic mass is 32.1. The molecule has 0 bridgehead atoms. The molecule has 1 atom stereocenters. The highest BCUT2D eigenvalue weighted by Gasteiger charge is 2.18. The number of amides is 1. The molecule has 4 nitrogen and oxygen atoms in total. The van der Waals surface area contributed by atoms with Gasteiger partial charge < -0.3 is 16.4 Å². The molecule has 19 heavy (non-hydrogen) atoms. The molecule has 104 valence electrons. The lowest BCUT2D eigenvalue weighted by molar-refractivity contribution is -0.121. The summed E-state index contributed by atoms with van der Waals surface area (Å²) in [5.41, 5.74) is 5.03. The number of carbonyl (C=O) groups excluding carboxylic acids is 1. The predicted octanol–water partition coefficient (Wildman–Crippen LogP) is 1.54. The number of carbonyl (C=O) groups is 1. The minimum absolute atomic E-state index is 0.0962. The first-order valence-electron chi connectivity index (χ1n) is 5.69. The van der Waals surface area contributed by atoms with Crippen molar-refractivity contribution in [3.8, 4) is 0 Å². The molecule has 0 fully saturated rings. The van der Waals surface area contributed by atoms with Gasteiger partial charge in [-0.3, -0.25) is 4.79 Å². The van der Waals surface area contributed by atoms with Gasteiger partial charge in [0.2, 0.25) is 5.91 Å². The molecule has 1 rings (SSSR count). The van der Waals surface area contributed by atoms with E-state index in [1.807, 2.05) is 0 Å². The van der Waals surface area contributed by atoms with Crippen molar-refractivity contribution >= 4 is 28.8 Å². The van der Waals surface area contributed by atoms with Crippen LogP contribution in [-0.2, 0) is 4.79 Å². The Labute approximate surface area is 115 Å². The smallest absolute Gasteiger partial charge is 0.242 e. The Bertz CT molecular complexity index is 485. The predicted molar refractivity (Wildman–Crippen MR) is 74.0 cm³/mol. The Hall–Kier alpha value is -1.76. The van der Waals surface area contributed by atoms with Crippen molar-refractivity contribution in [2.75, 3.05) is 11.9 Å². The molecule has 0 aliphatic heterocycles. The maximum absolute atomic E-state index is 13.7. The van der Waals surface area contributed by atoms with Crippen LogP contribution in [-0.4, -0.2) is 23.5 Å². The van der Waals surface area contributed by atoms with E-state index in [-0.39, 0.29) is 22.1 Å². The number of nitrogens with two attached hydrogens (primary N) is 1. The zero-order valence-electron chi connectivity index (χ0n) is 10.6. The van der Waals surface area contributed by atoms with Crippen LogP contribution in [0.2, 0.25) is 0 Å². The number of anilines is 1. The summed E-state index contributed by atoms with van der Waals surface area (Å²) in [6.45, 7) is 3.70. The van der Waals surface area contributed by atoms with E-state index < -0.39 is 17.7 Å². The highest BCUT2D eigenvalue weighted by Crippen LogP contribution is 2.21. The average molecular weight is 287 g/mol. The van der Waals surface area contributed by atoms with Gasteiger partial charge in [-0.2, -0.15) is 0 Å². The average Bonchev–Trinajstić information content (AvgIpc) is 2.33. The normalized spacial score (nSPS) is 11.8. The van der Waals surface area contributed by atoms with E-state index in [1.54, 1.807) is 6.92 Å². The molecule has 1 aromatic carbocycles. The monoisotopic (exact) mass is 287 g/mol. The van der Waals surface area contributed by atoms with Crippen molar-refractivity contribution in [3.63, 3.8) is 0 Å². The highest BCUT2D eigenvalue weighted by molar-refractivity contribution is 7.80. The van der Waals surface area contributed by atoms with Gasteiger partial charge in [0, 0.05) is 12.1 Å². The molecule has 0 radical (unpaired) electrons. The van der Waals surface area contributed by atoms with E-state index in [4.69, 9.17) is 5.73 Å². The van der Waals surface area contributed by atoms with E-state index in [0.717, 1.165) is 12.1 Å². The van der Waals surface area contributed by atoms with Crippen LogP contribution < -0.4 is 16.4 Å². The zero-order chi connectivity index (χ0) is 14.6. The molecule has 1 aromatic rings. The van der Waals surface area contributed by atoms with E-state index in [2.05, 4.69) is 22.9 Å². The van der Waals surface area contributed by atoms with Crippen molar-refractivity contribution in [1.29, 1.82) is 0 Å². The van der Waals surface area contributed by atoms with Gasteiger partial charge in [-0.25, -0.2) is 8.78 Å². The van der Waals surface area contributed by atoms with Gasteiger partial charge in [0.15, 0.2) is 0 Å². The van der Waals surface area contributed by atoms with Crippen LogP contribution in [0.25, 0.3) is 0 Å². The molecule has 0 aliphatic carbocycles. The lowest BCUT2D eigenvalue weighted by Gasteiger charge is -2.16. The molecule has 0 aliphatic rings. The minimum Gasteiger partial charge on any atom is -0.389 e. The van der Waals surface area contributed by atoms with Gasteiger partial charge in [0.1, 0.15) is 28.4 Å².